The minimum absolute atomic E-state index is 0.511. The van der Waals surface area contributed by atoms with E-state index >= 15 is 0 Å². The SMILES string of the molecule is NC(=O)NSc1ccccc1N1CCCCC1. The first kappa shape index (κ1) is 12.1. The van der Waals surface area contributed by atoms with Gasteiger partial charge in [-0.3, -0.25) is 4.72 Å². The number of piperidine rings is 1. The summed E-state index contributed by atoms with van der Waals surface area (Å²) in [4.78, 5) is 14.2. The van der Waals surface area contributed by atoms with Crippen LogP contribution >= 0.6 is 11.9 Å². The summed E-state index contributed by atoms with van der Waals surface area (Å²) in [6, 6.07) is 7.58. The smallest absolute Gasteiger partial charge is 0.322 e. The van der Waals surface area contributed by atoms with Crippen LogP contribution in [0.3, 0.4) is 0 Å². The van der Waals surface area contributed by atoms with Gasteiger partial charge in [0, 0.05) is 13.1 Å². The van der Waals surface area contributed by atoms with Crippen molar-refractivity contribution in [2.45, 2.75) is 24.2 Å². The Kier molecular flexibility index (Phi) is 4.14. The van der Waals surface area contributed by atoms with Crippen molar-refractivity contribution < 1.29 is 4.79 Å². The van der Waals surface area contributed by atoms with Crippen LogP contribution in [0, 0.1) is 0 Å². The topological polar surface area (TPSA) is 58.4 Å². The second-order valence-corrected chi connectivity index (χ2v) is 4.93. The minimum atomic E-state index is -0.511. The number of primary amides is 1. The molecule has 0 unspecified atom stereocenters. The zero-order valence-electron chi connectivity index (χ0n) is 9.69. The second-order valence-electron chi connectivity index (χ2n) is 4.08. The Labute approximate surface area is 106 Å². The van der Waals surface area contributed by atoms with E-state index in [1.54, 1.807) is 0 Å². The third kappa shape index (κ3) is 3.30. The average molecular weight is 251 g/mol. The molecule has 0 saturated carbocycles. The predicted molar refractivity (Wildman–Crippen MR) is 71.1 cm³/mol. The molecular weight excluding hydrogens is 234 g/mol. The summed E-state index contributed by atoms with van der Waals surface area (Å²) >= 11 is 1.28. The lowest BCUT2D eigenvalue weighted by atomic mass is 10.1. The molecular formula is C12H17N3OS. The monoisotopic (exact) mass is 251 g/mol. The normalized spacial score (nSPS) is 15.6. The first-order chi connectivity index (χ1) is 8.27. The fourth-order valence-corrected chi connectivity index (χ4v) is 2.70. The van der Waals surface area contributed by atoms with Gasteiger partial charge in [0.1, 0.15) is 0 Å². The molecule has 2 amide bonds. The highest BCUT2D eigenvalue weighted by molar-refractivity contribution is 7.98. The number of urea groups is 1. The van der Waals surface area contributed by atoms with Crippen molar-refractivity contribution in [2.75, 3.05) is 18.0 Å². The first-order valence-electron chi connectivity index (χ1n) is 5.83. The summed E-state index contributed by atoms with van der Waals surface area (Å²) in [5.41, 5.74) is 6.27. The largest absolute Gasteiger partial charge is 0.371 e. The molecule has 0 radical (unpaired) electrons. The molecule has 0 aliphatic carbocycles. The van der Waals surface area contributed by atoms with E-state index in [9.17, 15) is 4.79 Å². The molecule has 92 valence electrons. The van der Waals surface area contributed by atoms with Gasteiger partial charge in [0.15, 0.2) is 0 Å². The molecule has 1 fully saturated rings. The maximum Gasteiger partial charge on any atom is 0.322 e. The number of anilines is 1. The van der Waals surface area contributed by atoms with E-state index in [0.29, 0.717) is 0 Å². The van der Waals surface area contributed by atoms with Crippen LogP contribution in [0.1, 0.15) is 19.3 Å². The van der Waals surface area contributed by atoms with Crippen molar-refractivity contribution in [1.82, 2.24) is 4.72 Å². The number of nitrogens with one attached hydrogen (secondary N) is 1. The number of nitrogens with two attached hydrogens (primary N) is 1. The van der Waals surface area contributed by atoms with E-state index < -0.39 is 6.03 Å². The van der Waals surface area contributed by atoms with E-state index in [4.69, 9.17) is 5.73 Å². The highest BCUT2D eigenvalue weighted by Crippen LogP contribution is 2.30. The molecule has 1 heterocycles. The van der Waals surface area contributed by atoms with Crippen LogP contribution in [0.15, 0.2) is 29.2 Å². The summed E-state index contributed by atoms with van der Waals surface area (Å²) in [7, 11) is 0. The molecule has 2 rings (SSSR count). The first-order valence-corrected chi connectivity index (χ1v) is 6.65. The van der Waals surface area contributed by atoms with E-state index in [1.165, 1.54) is 36.9 Å². The highest BCUT2D eigenvalue weighted by atomic mass is 32.2. The summed E-state index contributed by atoms with van der Waals surface area (Å²) in [6.45, 7) is 2.18. The summed E-state index contributed by atoms with van der Waals surface area (Å²) in [5, 5.41) is 0. The summed E-state index contributed by atoms with van der Waals surface area (Å²) in [5.74, 6) is 0. The molecule has 4 nitrogen and oxygen atoms in total. The number of carbonyl (C=O) groups is 1. The zero-order valence-corrected chi connectivity index (χ0v) is 10.5. The molecule has 0 atom stereocenters. The van der Waals surface area contributed by atoms with Gasteiger partial charge >= 0.3 is 6.03 Å². The number of hydrogen-bond acceptors (Lipinski definition) is 3. The molecule has 0 spiro atoms. The van der Waals surface area contributed by atoms with Crippen LogP contribution in [0.4, 0.5) is 10.5 Å². The van der Waals surface area contributed by atoms with Crippen molar-refractivity contribution in [3.05, 3.63) is 24.3 Å². The van der Waals surface area contributed by atoms with Crippen molar-refractivity contribution >= 4 is 23.7 Å². The lowest BCUT2D eigenvalue weighted by Crippen LogP contribution is -2.30. The number of carbonyl (C=O) groups excluding carboxylic acids is 1. The van der Waals surface area contributed by atoms with Crippen LogP contribution < -0.4 is 15.4 Å². The zero-order chi connectivity index (χ0) is 12.1. The molecule has 1 aliphatic heterocycles. The van der Waals surface area contributed by atoms with Crippen LogP contribution in [0.5, 0.6) is 0 Å². The molecule has 0 bridgehead atoms. The van der Waals surface area contributed by atoms with Crippen molar-refractivity contribution in [1.29, 1.82) is 0 Å². The molecule has 1 aliphatic rings. The number of para-hydroxylation sites is 1. The minimum Gasteiger partial charge on any atom is -0.371 e. The number of rotatable bonds is 3. The van der Waals surface area contributed by atoms with Gasteiger partial charge in [0.25, 0.3) is 0 Å². The van der Waals surface area contributed by atoms with Gasteiger partial charge in [-0.2, -0.15) is 0 Å². The Morgan fingerprint density at radius 3 is 2.65 bits per heavy atom. The Balaban J connectivity index is 2.11. The van der Waals surface area contributed by atoms with Crippen LogP contribution in [-0.2, 0) is 0 Å². The third-order valence-corrected chi connectivity index (χ3v) is 3.69. The van der Waals surface area contributed by atoms with Crippen molar-refractivity contribution in [2.24, 2.45) is 5.73 Å². The van der Waals surface area contributed by atoms with Gasteiger partial charge in [-0.15, -0.1) is 0 Å². The number of benzene rings is 1. The quantitative estimate of drug-likeness (QED) is 0.811. The molecule has 3 N–H and O–H groups in total. The van der Waals surface area contributed by atoms with Crippen LogP contribution in [0.2, 0.25) is 0 Å². The van der Waals surface area contributed by atoms with Gasteiger partial charge in [0.2, 0.25) is 0 Å². The predicted octanol–water partition coefficient (Wildman–Crippen LogP) is 2.35. The number of hydrogen-bond donors (Lipinski definition) is 2. The van der Waals surface area contributed by atoms with E-state index in [1.807, 2.05) is 18.2 Å². The van der Waals surface area contributed by atoms with E-state index in [2.05, 4.69) is 15.7 Å². The second kappa shape index (κ2) is 5.82. The Hall–Kier alpha value is -1.36. The Bertz CT molecular complexity index is 391. The number of nitrogens with zero attached hydrogens (tertiary/aromatic N) is 1. The van der Waals surface area contributed by atoms with Gasteiger partial charge in [0.05, 0.1) is 10.6 Å². The highest BCUT2D eigenvalue weighted by Gasteiger charge is 2.14. The standard InChI is InChI=1S/C12H17N3OS/c13-12(16)14-17-11-7-3-2-6-10(11)15-8-4-1-5-9-15/h2-3,6-7H,1,4-5,8-9H2,(H3,13,14,16). The molecule has 5 heteroatoms. The van der Waals surface area contributed by atoms with Crippen molar-refractivity contribution in [3.8, 4) is 0 Å². The van der Waals surface area contributed by atoms with Crippen LogP contribution in [-0.4, -0.2) is 19.1 Å². The lowest BCUT2D eigenvalue weighted by molar-refractivity contribution is 0.254. The maximum atomic E-state index is 10.7. The van der Waals surface area contributed by atoms with E-state index in [-0.39, 0.29) is 0 Å². The maximum absolute atomic E-state index is 10.7. The summed E-state index contributed by atoms with van der Waals surface area (Å²) < 4.78 is 2.57. The molecule has 1 aromatic rings. The van der Waals surface area contributed by atoms with Gasteiger partial charge in [-0.25, -0.2) is 4.79 Å². The van der Waals surface area contributed by atoms with Crippen LogP contribution in [0.25, 0.3) is 0 Å². The fourth-order valence-electron chi connectivity index (χ4n) is 2.04. The van der Waals surface area contributed by atoms with Gasteiger partial charge in [-0.1, -0.05) is 12.1 Å². The lowest BCUT2D eigenvalue weighted by Gasteiger charge is -2.30. The van der Waals surface area contributed by atoms with Gasteiger partial charge < -0.3 is 10.6 Å². The molecule has 0 aromatic heterocycles. The molecule has 1 aromatic carbocycles. The fraction of sp³-hybridized carbons (Fsp3) is 0.417. The Morgan fingerprint density at radius 1 is 1.24 bits per heavy atom. The molecule has 17 heavy (non-hydrogen) atoms. The summed E-state index contributed by atoms with van der Waals surface area (Å²) in [6.07, 6.45) is 3.79. The third-order valence-electron chi connectivity index (χ3n) is 2.82. The average Bonchev–Trinajstić information content (AvgIpc) is 2.38. The van der Waals surface area contributed by atoms with Gasteiger partial charge in [-0.05, 0) is 43.3 Å². The number of amides is 2. The van der Waals surface area contributed by atoms with Crippen molar-refractivity contribution in [3.63, 3.8) is 0 Å². The molecule has 1 saturated heterocycles. The van der Waals surface area contributed by atoms with E-state index in [0.717, 1.165) is 18.0 Å². The Morgan fingerprint density at radius 2 is 1.94 bits per heavy atom.